The van der Waals surface area contributed by atoms with Gasteiger partial charge in [-0.25, -0.2) is 9.18 Å². The van der Waals surface area contributed by atoms with Crippen LogP contribution in [0.4, 0.5) is 14.9 Å². The van der Waals surface area contributed by atoms with E-state index in [0.717, 1.165) is 83.5 Å². The molecule has 10 heteroatoms. The number of primary amides is 1. The average Bonchev–Trinajstić information content (AvgIpc) is 3.47. The molecule has 2 aliphatic heterocycles. The minimum atomic E-state index is -0.512. The van der Waals surface area contributed by atoms with Gasteiger partial charge in [0.2, 0.25) is 5.91 Å². The minimum Gasteiger partial charge on any atom is -0.444 e. The number of allylic oxidation sites excluding steroid dienone is 1. The largest absolute Gasteiger partial charge is 0.444 e. The Labute approximate surface area is 238 Å². The van der Waals surface area contributed by atoms with E-state index in [0.29, 0.717) is 17.8 Å². The van der Waals surface area contributed by atoms with Crippen molar-refractivity contribution in [1.82, 2.24) is 14.7 Å². The van der Waals surface area contributed by atoms with Crippen molar-refractivity contribution >= 4 is 23.9 Å². The van der Waals surface area contributed by atoms with Crippen molar-refractivity contribution in [3.63, 3.8) is 0 Å². The van der Waals surface area contributed by atoms with E-state index in [1.54, 1.807) is 17.0 Å². The number of likely N-dealkylation sites (tertiary alicyclic amines) is 1. The Morgan fingerprint density at radius 2 is 1.65 bits per heavy atom. The zero-order valence-electron chi connectivity index (χ0n) is 24.6. The second-order valence-electron chi connectivity index (χ2n) is 11.9. The highest BCUT2D eigenvalue weighted by Crippen LogP contribution is 2.30. The predicted octanol–water partition coefficient (Wildman–Crippen LogP) is 4.23. The van der Waals surface area contributed by atoms with E-state index >= 15 is 0 Å². The number of nitrogens with one attached hydrogen (secondary N) is 1. The van der Waals surface area contributed by atoms with E-state index in [2.05, 4.69) is 21.7 Å². The Hall–Kier alpha value is -3.14. The monoisotopic (exact) mass is 558 g/mol. The quantitative estimate of drug-likeness (QED) is 0.400. The summed E-state index contributed by atoms with van der Waals surface area (Å²) >= 11 is 0. The molecule has 3 aliphatic rings. The van der Waals surface area contributed by atoms with Crippen LogP contribution >= 0.6 is 0 Å². The maximum Gasteiger partial charge on any atom is 0.410 e. The van der Waals surface area contributed by atoms with Crippen LogP contribution in [0.1, 0.15) is 59.3 Å². The van der Waals surface area contributed by atoms with Gasteiger partial charge in [-0.1, -0.05) is 6.07 Å². The molecule has 40 heavy (non-hydrogen) atoms. The topological polar surface area (TPSA) is 106 Å². The molecule has 1 saturated carbocycles. The van der Waals surface area contributed by atoms with Crippen molar-refractivity contribution < 1.29 is 18.7 Å². The van der Waals surface area contributed by atoms with Gasteiger partial charge in [0.1, 0.15) is 11.4 Å². The molecule has 4 rings (SSSR count). The lowest BCUT2D eigenvalue weighted by molar-refractivity contribution is -0.113. The van der Waals surface area contributed by atoms with Crippen molar-refractivity contribution in [2.45, 2.75) is 77.0 Å². The fraction of sp³-hybridized carbons (Fsp3) is 0.633. The van der Waals surface area contributed by atoms with Crippen molar-refractivity contribution in [3.8, 4) is 0 Å². The lowest BCUT2D eigenvalue weighted by atomic mass is 9.88. The summed E-state index contributed by atoms with van der Waals surface area (Å²) in [5.41, 5.74) is 6.40. The van der Waals surface area contributed by atoms with Crippen molar-refractivity contribution in [2.24, 2.45) is 5.73 Å². The summed E-state index contributed by atoms with van der Waals surface area (Å²) < 4.78 is 18.7. The van der Waals surface area contributed by atoms with Gasteiger partial charge < -0.3 is 30.6 Å². The fourth-order valence-electron chi connectivity index (χ4n) is 5.66. The number of hydrogen-bond donors (Lipinski definition) is 2. The summed E-state index contributed by atoms with van der Waals surface area (Å²) in [5, 5.41) is 7.50. The summed E-state index contributed by atoms with van der Waals surface area (Å²) in [6.07, 6.45) is 9.07. The van der Waals surface area contributed by atoms with Gasteiger partial charge in [-0.15, -0.1) is 0 Å². The van der Waals surface area contributed by atoms with E-state index in [1.165, 1.54) is 18.4 Å². The summed E-state index contributed by atoms with van der Waals surface area (Å²) in [6.45, 7) is 10.8. The number of nitrogens with zero attached hydrogens (tertiary/aromatic N) is 4. The predicted molar refractivity (Wildman–Crippen MR) is 157 cm³/mol. The van der Waals surface area contributed by atoms with Crippen LogP contribution in [-0.2, 0) is 9.53 Å². The van der Waals surface area contributed by atoms with Crippen LogP contribution in [-0.4, -0.2) is 96.9 Å². The molecule has 222 valence electrons. The lowest BCUT2D eigenvalue weighted by Crippen LogP contribution is -2.52. The van der Waals surface area contributed by atoms with Gasteiger partial charge >= 0.3 is 6.09 Å². The molecule has 0 aromatic heterocycles. The average molecular weight is 559 g/mol. The number of rotatable bonds is 6. The van der Waals surface area contributed by atoms with Gasteiger partial charge in [0, 0.05) is 76.4 Å². The Bertz CT molecular complexity index is 1020. The van der Waals surface area contributed by atoms with E-state index in [9.17, 15) is 14.0 Å². The van der Waals surface area contributed by atoms with Crippen LogP contribution in [0.25, 0.3) is 0 Å². The second-order valence-corrected chi connectivity index (χ2v) is 11.9. The number of anilines is 1. The standard InChI is InChI=1S/C21H30FN5O.C9H17NO2/c1-25(19-4-2-3-16(22)13-19)17-5-7-18(8-6-17)26-9-11-27(12-10-26)20(15-23)14-21(24)28;1-9(2,3)12-8(11)10-6-4-5-7-10/h2-4,13-15,17-18,23H,5-12H2,1H3,(H2,24,28);4-7H2,1-3H3/b20-14+,23-15?;. The summed E-state index contributed by atoms with van der Waals surface area (Å²) in [5.74, 6) is -0.702. The van der Waals surface area contributed by atoms with E-state index in [-0.39, 0.29) is 17.5 Å². The summed E-state index contributed by atoms with van der Waals surface area (Å²) in [6, 6.07) is 7.84. The number of hydrogen-bond acceptors (Lipinski definition) is 7. The molecule has 1 aliphatic carbocycles. The number of halogens is 1. The summed E-state index contributed by atoms with van der Waals surface area (Å²) in [4.78, 5) is 31.0. The highest BCUT2D eigenvalue weighted by molar-refractivity contribution is 5.92. The molecule has 2 amide bonds. The van der Waals surface area contributed by atoms with Gasteiger partial charge in [-0.05, 0) is 77.5 Å². The third kappa shape index (κ3) is 9.50. The van der Waals surface area contributed by atoms with Gasteiger partial charge in [-0.3, -0.25) is 9.69 Å². The fourth-order valence-corrected chi connectivity index (χ4v) is 5.66. The van der Waals surface area contributed by atoms with Crippen molar-refractivity contribution in [1.29, 1.82) is 5.41 Å². The first kappa shape index (κ1) is 31.4. The minimum absolute atomic E-state index is 0.167. The van der Waals surface area contributed by atoms with Crippen LogP contribution in [0.2, 0.25) is 0 Å². The Morgan fingerprint density at radius 3 is 2.17 bits per heavy atom. The van der Waals surface area contributed by atoms with Crippen molar-refractivity contribution in [3.05, 3.63) is 41.9 Å². The Balaban J connectivity index is 0.000000307. The van der Waals surface area contributed by atoms with Gasteiger partial charge in [0.15, 0.2) is 0 Å². The number of carbonyl (C=O) groups is 2. The summed E-state index contributed by atoms with van der Waals surface area (Å²) in [7, 11) is 2.06. The zero-order valence-corrected chi connectivity index (χ0v) is 24.6. The van der Waals surface area contributed by atoms with Crippen LogP contribution < -0.4 is 10.6 Å². The maximum atomic E-state index is 13.5. The highest BCUT2D eigenvalue weighted by atomic mass is 19.1. The third-order valence-electron chi connectivity index (χ3n) is 7.82. The number of benzene rings is 1. The first-order chi connectivity index (χ1) is 19.0. The van der Waals surface area contributed by atoms with E-state index in [4.69, 9.17) is 15.9 Å². The number of nitrogens with two attached hydrogens (primary N) is 1. The third-order valence-corrected chi connectivity index (χ3v) is 7.82. The van der Waals surface area contributed by atoms with E-state index in [1.807, 2.05) is 26.8 Å². The SMILES string of the molecule is CC(C)(C)OC(=O)N1CCCC1.CN(c1cccc(F)c1)C1CCC(N2CCN(/C(C=N)=C/C(N)=O)CC2)CC1. The van der Waals surface area contributed by atoms with E-state index < -0.39 is 5.91 Å². The Kier molecular flexibility index (Phi) is 11.4. The normalized spacial score (nSPS) is 22.3. The lowest BCUT2D eigenvalue weighted by Gasteiger charge is -2.44. The number of piperazine rings is 1. The number of amides is 2. The molecule has 2 heterocycles. The van der Waals surface area contributed by atoms with Crippen LogP contribution in [0.3, 0.4) is 0 Å². The van der Waals surface area contributed by atoms with Gasteiger partial charge in [-0.2, -0.15) is 0 Å². The molecule has 0 unspecified atom stereocenters. The highest BCUT2D eigenvalue weighted by Gasteiger charge is 2.30. The molecular weight excluding hydrogens is 511 g/mol. The van der Waals surface area contributed by atoms with Gasteiger partial charge in [0.25, 0.3) is 0 Å². The maximum absolute atomic E-state index is 13.5. The molecule has 1 aromatic carbocycles. The number of carbonyl (C=O) groups excluding carboxylic acids is 2. The smallest absolute Gasteiger partial charge is 0.410 e. The molecule has 3 N–H and O–H groups in total. The molecule has 0 atom stereocenters. The van der Waals surface area contributed by atoms with Crippen LogP contribution in [0, 0.1) is 11.2 Å². The molecule has 9 nitrogen and oxygen atoms in total. The first-order valence-electron chi connectivity index (χ1n) is 14.4. The zero-order chi connectivity index (χ0) is 29.3. The molecule has 0 radical (unpaired) electrons. The molecule has 2 saturated heterocycles. The van der Waals surface area contributed by atoms with Crippen molar-refractivity contribution in [2.75, 3.05) is 51.2 Å². The molecule has 0 spiro atoms. The molecule has 0 bridgehead atoms. The molecule has 3 fully saturated rings. The number of ether oxygens (including phenoxy) is 1. The Morgan fingerprint density at radius 1 is 1.02 bits per heavy atom. The molecular formula is C30H47FN6O3. The van der Waals surface area contributed by atoms with Crippen LogP contribution in [0.5, 0.6) is 0 Å². The second kappa shape index (κ2) is 14.5. The first-order valence-corrected chi connectivity index (χ1v) is 14.4. The molecule has 1 aromatic rings. The van der Waals surface area contributed by atoms with Gasteiger partial charge in [0.05, 0.1) is 5.70 Å². The van der Waals surface area contributed by atoms with Crippen LogP contribution in [0.15, 0.2) is 36.0 Å².